The number of unbranched alkanes of at least 4 members (excludes halogenated alkanes) is 9. The van der Waals surface area contributed by atoms with Crippen molar-refractivity contribution in [3.8, 4) is 0 Å². The number of hydrogen-bond acceptors (Lipinski definition) is 1. The van der Waals surface area contributed by atoms with Crippen LogP contribution in [0.15, 0.2) is 0 Å². The molecule has 1 saturated heterocycles. The summed E-state index contributed by atoms with van der Waals surface area (Å²) in [5, 5.41) is 9.14. The molecule has 1 fully saturated rings. The topological polar surface area (TPSA) is 40.5 Å². The molecule has 0 aromatic carbocycles. The number of quaternary nitrogens is 1. The van der Waals surface area contributed by atoms with Crippen LogP contribution < -0.4 is 0 Å². The van der Waals surface area contributed by atoms with Crippen LogP contribution in [0.2, 0.25) is 0 Å². The molecule has 0 radical (unpaired) electrons. The molecule has 0 aliphatic carbocycles. The fourth-order valence-electron chi connectivity index (χ4n) is 4.32. The zero-order valence-electron chi connectivity index (χ0n) is 17.1. The van der Waals surface area contributed by atoms with Crippen LogP contribution in [0.5, 0.6) is 0 Å². The highest BCUT2D eigenvalue weighted by atomic mass is 16.4. The molecule has 0 saturated carbocycles. The highest BCUT2D eigenvalue weighted by molar-refractivity contribution is 5.64. The minimum absolute atomic E-state index is 0.662. The minimum atomic E-state index is -0.753. The molecule has 1 heterocycles. The second-order valence-corrected chi connectivity index (χ2v) is 8.07. The Kier molecular flexibility index (Phi) is 11.2. The van der Waals surface area contributed by atoms with Crippen molar-refractivity contribution in [3.05, 3.63) is 0 Å². The van der Waals surface area contributed by atoms with Crippen LogP contribution in [0.1, 0.15) is 91.4 Å². The fourth-order valence-corrected chi connectivity index (χ4v) is 4.32. The zero-order chi connectivity index (χ0) is 18.5. The summed E-state index contributed by atoms with van der Waals surface area (Å²) in [5.74, 6) is 0. The Morgan fingerprint density at radius 2 is 1.40 bits per heavy atom. The molecule has 25 heavy (non-hydrogen) atoms. The first-order chi connectivity index (χ1) is 12.1. The van der Waals surface area contributed by atoms with Gasteiger partial charge in [-0.05, 0) is 26.7 Å². The van der Waals surface area contributed by atoms with Crippen LogP contribution >= 0.6 is 0 Å². The van der Waals surface area contributed by atoms with Crippen LogP contribution in [-0.2, 0) is 0 Å². The second kappa shape index (κ2) is 12.6. The molecule has 0 spiro atoms. The lowest BCUT2D eigenvalue weighted by Gasteiger charge is -2.47. The van der Waals surface area contributed by atoms with Gasteiger partial charge in [0, 0.05) is 0 Å². The van der Waals surface area contributed by atoms with E-state index in [0.29, 0.717) is 19.1 Å². The molecule has 1 aliphatic rings. The number of hydrogen-bond donors (Lipinski definition) is 1. The summed E-state index contributed by atoms with van der Waals surface area (Å²) >= 11 is 0. The molecule has 0 aromatic heterocycles. The molecular weight excluding hydrogens is 312 g/mol. The van der Waals surface area contributed by atoms with Gasteiger partial charge in [-0.25, -0.2) is 4.79 Å². The molecule has 0 bridgehead atoms. The normalized spacial score (nSPS) is 18.3. The summed E-state index contributed by atoms with van der Waals surface area (Å²) in [6, 6.07) is 0.662. The molecule has 1 atom stereocenters. The first-order valence-electron chi connectivity index (χ1n) is 10.9. The van der Waals surface area contributed by atoms with E-state index < -0.39 is 6.09 Å². The van der Waals surface area contributed by atoms with Crippen molar-refractivity contribution in [2.45, 2.75) is 97.4 Å². The maximum Gasteiger partial charge on any atom is 0.407 e. The van der Waals surface area contributed by atoms with Crippen molar-refractivity contribution >= 4 is 6.09 Å². The maximum absolute atomic E-state index is 11.1. The third-order valence-corrected chi connectivity index (χ3v) is 6.44. The van der Waals surface area contributed by atoms with Gasteiger partial charge in [-0.3, -0.25) is 4.90 Å². The number of likely N-dealkylation sites (N-methyl/N-ethyl adjacent to an activating group) is 1. The lowest BCUT2D eigenvalue weighted by atomic mass is 10.0. The fraction of sp³-hybridized carbons (Fsp3) is 0.952. The van der Waals surface area contributed by atoms with Crippen molar-refractivity contribution in [1.82, 2.24) is 4.90 Å². The van der Waals surface area contributed by atoms with Gasteiger partial charge in [0.25, 0.3) is 0 Å². The molecule has 1 N–H and O–H groups in total. The molecule has 1 rings (SSSR count). The van der Waals surface area contributed by atoms with Gasteiger partial charge in [0.2, 0.25) is 0 Å². The number of amides is 1. The van der Waals surface area contributed by atoms with Gasteiger partial charge in [0.05, 0.1) is 38.8 Å². The Bertz CT molecular complexity index is 352. The summed E-state index contributed by atoms with van der Waals surface area (Å²) in [7, 11) is 0. The summed E-state index contributed by atoms with van der Waals surface area (Å²) in [4.78, 5) is 12.7. The zero-order valence-corrected chi connectivity index (χ0v) is 17.1. The Labute approximate surface area is 156 Å². The van der Waals surface area contributed by atoms with Crippen molar-refractivity contribution in [2.75, 3.05) is 32.7 Å². The van der Waals surface area contributed by atoms with Gasteiger partial charge >= 0.3 is 6.09 Å². The third kappa shape index (κ3) is 7.98. The summed E-state index contributed by atoms with van der Waals surface area (Å²) in [5.41, 5.74) is 0. The van der Waals surface area contributed by atoms with Gasteiger partial charge in [-0.1, -0.05) is 64.7 Å². The molecule has 1 amide bonds. The average molecular weight is 356 g/mol. The van der Waals surface area contributed by atoms with Crippen LogP contribution in [0, 0.1) is 0 Å². The quantitative estimate of drug-likeness (QED) is 0.349. The summed E-state index contributed by atoms with van der Waals surface area (Å²) in [6.07, 6.45) is 14.5. The predicted octanol–water partition coefficient (Wildman–Crippen LogP) is 5.52. The third-order valence-electron chi connectivity index (χ3n) is 6.44. The molecule has 4 nitrogen and oxygen atoms in total. The van der Waals surface area contributed by atoms with Gasteiger partial charge in [0.15, 0.2) is 0 Å². The van der Waals surface area contributed by atoms with Crippen LogP contribution in [0.4, 0.5) is 4.79 Å². The van der Waals surface area contributed by atoms with E-state index in [1.165, 1.54) is 70.6 Å². The predicted molar refractivity (Wildman–Crippen MR) is 106 cm³/mol. The minimum Gasteiger partial charge on any atom is -0.465 e. The highest BCUT2D eigenvalue weighted by Gasteiger charge is 2.37. The largest absolute Gasteiger partial charge is 0.465 e. The van der Waals surface area contributed by atoms with Crippen LogP contribution in [0.25, 0.3) is 0 Å². The number of piperazine rings is 1. The van der Waals surface area contributed by atoms with Gasteiger partial charge in [-0.2, -0.15) is 0 Å². The van der Waals surface area contributed by atoms with Crippen molar-refractivity contribution in [3.63, 3.8) is 0 Å². The van der Waals surface area contributed by atoms with Crippen LogP contribution in [-0.4, -0.2) is 59.3 Å². The lowest BCUT2D eigenvalue weighted by Crippen LogP contribution is -2.63. The molecule has 0 aromatic rings. The van der Waals surface area contributed by atoms with Crippen molar-refractivity contribution in [1.29, 1.82) is 0 Å². The number of carboxylic acid groups (broad SMARTS) is 1. The highest BCUT2D eigenvalue weighted by Crippen LogP contribution is 2.23. The molecule has 4 heteroatoms. The molecular formula is C21H43N2O2+. The standard InChI is InChI=1S/C21H42N2O2/c1-4-6-7-8-9-10-11-12-13-14-15-20(3)23(5-2)18-16-22(17-19-23)21(24)25/h20H,4-19H2,1-3H3/p+1. The smallest absolute Gasteiger partial charge is 0.407 e. The van der Waals surface area contributed by atoms with E-state index in [0.717, 1.165) is 24.1 Å². The van der Waals surface area contributed by atoms with Gasteiger partial charge in [-0.15, -0.1) is 0 Å². The molecule has 148 valence electrons. The van der Waals surface area contributed by atoms with E-state index in [1.807, 2.05) is 0 Å². The van der Waals surface area contributed by atoms with Gasteiger partial charge < -0.3 is 9.59 Å². The van der Waals surface area contributed by atoms with Crippen molar-refractivity contribution < 1.29 is 14.4 Å². The first-order valence-corrected chi connectivity index (χ1v) is 10.9. The SMILES string of the molecule is CCCCCCCCCCCCC(C)[N+]1(CC)CCN(C(=O)O)CC1. The van der Waals surface area contributed by atoms with E-state index in [1.54, 1.807) is 4.90 Å². The summed E-state index contributed by atoms with van der Waals surface area (Å²) < 4.78 is 1.11. The lowest BCUT2D eigenvalue weighted by molar-refractivity contribution is -0.951. The van der Waals surface area contributed by atoms with E-state index in [4.69, 9.17) is 5.11 Å². The monoisotopic (exact) mass is 355 g/mol. The molecule has 1 aliphatic heterocycles. The van der Waals surface area contributed by atoms with Crippen molar-refractivity contribution in [2.24, 2.45) is 0 Å². The first kappa shape index (κ1) is 22.3. The van der Waals surface area contributed by atoms with E-state index >= 15 is 0 Å². The van der Waals surface area contributed by atoms with E-state index in [9.17, 15) is 4.79 Å². The second-order valence-electron chi connectivity index (χ2n) is 8.07. The number of nitrogens with zero attached hydrogens (tertiary/aromatic N) is 2. The Hall–Kier alpha value is -0.770. The number of rotatable bonds is 13. The molecule has 1 unspecified atom stereocenters. The average Bonchev–Trinajstić information content (AvgIpc) is 2.63. The Balaban J connectivity index is 2.12. The van der Waals surface area contributed by atoms with Crippen LogP contribution in [0.3, 0.4) is 0 Å². The maximum atomic E-state index is 11.1. The number of carbonyl (C=O) groups is 1. The Morgan fingerprint density at radius 1 is 0.920 bits per heavy atom. The van der Waals surface area contributed by atoms with E-state index in [-0.39, 0.29) is 0 Å². The van der Waals surface area contributed by atoms with Gasteiger partial charge in [0.1, 0.15) is 0 Å². The summed E-state index contributed by atoms with van der Waals surface area (Å²) in [6.45, 7) is 11.4. The van der Waals surface area contributed by atoms with E-state index in [2.05, 4.69) is 20.8 Å². The Morgan fingerprint density at radius 3 is 1.84 bits per heavy atom.